The first-order chi connectivity index (χ1) is 12.5. The molecule has 2 aromatic carbocycles. The van der Waals surface area contributed by atoms with E-state index in [-0.39, 0.29) is 30.2 Å². The number of benzene rings is 2. The number of carbonyl (C=O) groups is 2. The number of rotatable bonds is 5. The molecule has 1 aliphatic heterocycles. The maximum Gasteiger partial charge on any atom is 0.311 e. The number of ether oxygens (including phenoxy) is 1. The molecule has 2 aromatic rings. The Kier molecular flexibility index (Phi) is 5.26. The van der Waals surface area contributed by atoms with Crippen molar-refractivity contribution in [2.75, 3.05) is 13.2 Å². The summed E-state index contributed by atoms with van der Waals surface area (Å²) in [5.41, 5.74) is 2.45. The third-order valence-corrected chi connectivity index (χ3v) is 4.36. The number of hydrogen-bond acceptors (Lipinski definition) is 5. The minimum Gasteiger partial charge on any atom is -0.455 e. The Balaban J connectivity index is 1.54. The zero-order valence-electron chi connectivity index (χ0n) is 14.1. The Morgan fingerprint density at radius 3 is 2.54 bits per heavy atom. The second-order valence-corrected chi connectivity index (χ2v) is 6.06. The highest BCUT2D eigenvalue weighted by molar-refractivity contribution is 5.82. The van der Waals surface area contributed by atoms with Crippen molar-refractivity contribution < 1.29 is 19.2 Å². The van der Waals surface area contributed by atoms with Crippen LogP contribution in [0.15, 0.2) is 48.5 Å². The fourth-order valence-electron chi connectivity index (χ4n) is 2.99. The normalized spacial score (nSPS) is 13.0. The van der Waals surface area contributed by atoms with E-state index < -0.39 is 10.9 Å². The van der Waals surface area contributed by atoms with E-state index in [1.807, 2.05) is 24.3 Å². The first kappa shape index (κ1) is 17.6. The molecule has 1 heterocycles. The third kappa shape index (κ3) is 4.05. The van der Waals surface area contributed by atoms with Crippen LogP contribution < -0.4 is 0 Å². The summed E-state index contributed by atoms with van der Waals surface area (Å²) in [6.45, 7) is 0.718. The lowest BCUT2D eigenvalue weighted by Gasteiger charge is -2.28. The van der Waals surface area contributed by atoms with Gasteiger partial charge in [-0.05, 0) is 17.5 Å². The van der Waals surface area contributed by atoms with E-state index in [0.717, 1.165) is 12.0 Å². The van der Waals surface area contributed by atoms with Crippen molar-refractivity contribution in [3.8, 4) is 0 Å². The van der Waals surface area contributed by atoms with Gasteiger partial charge in [-0.25, -0.2) is 0 Å². The van der Waals surface area contributed by atoms with Crippen LogP contribution in [0.25, 0.3) is 0 Å². The molecule has 134 valence electrons. The van der Waals surface area contributed by atoms with Gasteiger partial charge in [0, 0.05) is 24.7 Å². The summed E-state index contributed by atoms with van der Waals surface area (Å²) in [5, 5.41) is 11.0. The lowest BCUT2D eigenvalue weighted by molar-refractivity contribution is -0.385. The zero-order valence-corrected chi connectivity index (χ0v) is 14.1. The quantitative estimate of drug-likeness (QED) is 0.467. The smallest absolute Gasteiger partial charge is 0.311 e. The number of esters is 1. The number of nitro groups is 1. The number of amides is 1. The van der Waals surface area contributed by atoms with Crippen molar-refractivity contribution >= 4 is 17.6 Å². The molecular formula is C19H18N2O5. The summed E-state index contributed by atoms with van der Waals surface area (Å²) in [4.78, 5) is 36.3. The molecule has 0 bridgehead atoms. The predicted molar refractivity (Wildman–Crippen MR) is 93.3 cm³/mol. The molecule has 7 nitrogen and oxygen atoms in total. The molecule has 0 saturated heterocycles. The van der Waals surface area contributed by atoms with Crippen LogP contribution >= 0.6 is 0 Å². The van der Waals surface area contributed by atoms with Crippen LogP contribution in [0.1, 0.15) is 16.7 Å². The van der Waals surface area contributed by atoms with Crippen molar-refractivity contribution in [1.82, 2.24) is 4.90 Å². The van der Waals surface area contributed by atoms with E-state index in [9.17, 15) is 19.7 Å². The van der Waals surface area contributed by atoms with E-state index >= 15 is 0 Å². The molecular weight excluding hydrogens is 336 g/mol. The second kappa shape index (κ2) is 7.77. The van der Waals surface area contributed by atoms with Gasteiger partial charge in [-0.1, -0.05) is 42.5 Å². The van der Waals surface area contributed by atoms with Crippen molar-refractivity contribution in [2.45, 2.75) is 19.4 Å². The Morgan fingerprint density at radius 2 is 1.77 bits per heavy atom. The van der Waals surface area contributed by atoms with Crippen LogP contribution in [-0.2, 0) is 33.7 Å². The van der Waals surface area contributed by atoms with Crippen molar-refractivity contribution in [3.63, 3.8) is 0 Å². The van der Waals surface area contributed by atoms with Crippen LogP contribution in [0.5, 0.6) is 0 Å². The van der Waals surface area contributed by atoms with Crippen LogP contribution in [0.4, 0.5) is 5.69 Å². The summed E-state index contributed by atoms with van der Waals surface area (Å²) < 4.78 is 5.03. The predicted octanol–water partition coefficient (Wildman–Crippen LogP) is 2.27. The monoisotopic (exact) mass is 354 g/mol. The first-order valence-corrected chi connectivity index (χ1v) is 8.27. The fourth-order valence-corrected chi connectivity index (χ4v) is 2.99. The summed E-state index contributed by atoms with van der Waals surface area (Å²) in [5.74, 6) is -0.930. The van der Waals surface area contributed by atoms with Crippen LogP contribution in [0.3, 0.4) is 0 Å². The number of fused-ring (bicyclic) bond motifs is 1. The molecule has 0 unspecified atom stereocenters. The van der Waals surface area contributed by atoms with Crippen molar-refractivity contribution in [3.05, 3.63) is 75.3 Å². The van der Waals surface area contributed by atoms with Gasteiger partial charge in [0.1, 0.15) is 0 Å². The molecule has 0 N–H and O–H groups in total. The lowest BCUT2D eigenvalue weighted by atomic mass is 10.00. The second-order valence-electron chi connectivity index (χ2n) is 6.06. The van der Waals surface area contributed by atoms with Crippen LogP contribution in [0.2, 0.25) is 0 Å². The Morgan fingerprint density at radius 1 is 1.08 bits per heavy atom. The molecule has 0 saturated carbocycles. The van der Waals surface area contributed by atoms with Crippen LogP contribution in [-0.4, -0.2) is 34.9 Å². The number of nitrogens with zero attached hydrogens (tertiary/aromatic N) is 2. The first-order valence-electron chi connectivity index (χ1n) is 8.27. The van der Waals surface area contributed by atoms with E-state index in [0.29, 0.717) is 13.1 Å². The number of nitro benzene ring substituents is 1. The molecule has 26 heavy (non-hydrogen) atoms. The summed E-state index contributed by atoms with van der Waals surface area (Å²) in [6, 6.07) is 13.9. The zero-order chi connectivity index (χ0) is 18.5. The standard InChI is InChI=1S/C19H18N2O5/c22-18(20-10-9-14-5-1-2-7-16(14)12-20)13-26-19(23)11-15-6-3-4-8-17(15)21(24)25/h1-8H,9-13H2. The fraction of sp³-hybridized carbons (Fsp3) is 0.263. The Bertz CT molecular complexity index is 849. The molecule has 0 aliphatic carbocycles. The lowest BCUT2D eigenvalue weighted by Crippen LogP contribution is -2.38. The number of para-hydroxylation sites is 1. The van der Waals surface area contributed by atoms with Gasteiger partial charge in [-0.15, -0.1) is 0 Å². The number of hydrogen-bond donors (Lipinski definition) is 0. The summed E-state index contributed by atoms with van der Waals surface area (Å²) >= 11 is 0. The molecule has 0 atom stereocenters. The Hall–Kier alpha value is -3.22. The number of carbonyl (C=O) groups excluding carboxylic acids is 2. The van der Waals surface area contributed by atoms with Gasteiger partial charge in [-0.2, -0.15) is 0 Å². The van der Waals surface area contributed by atoms with E-state index in [2.05, 4.69) is 0 Å². The van der Waals surface area contributed by atoms with E-state index in [1.165, 1.54) is 23.8 Å². The Labute approximate surface area is 150 Å². The molecule has 1 aliphatic rings. The molecule has 0 aromatic heterocycles. The molecule has 1 amide bonds. The van der Waals surface area contributed by atoms with Crippen molar-refractivity contribution in [1.29, 1.82) is 0 Å². The van der Waals surface area contributed by atoms with Crippen LogP contribution in [0, 0.1) is 10.1 Å². The summed E-state index contributed by atoms with van der Waals surface area (Å²) in [7, 11) is 0. The maximum atomic E-state index is 12.3. The average molecular weight is 354 g/mol. The molecule has 0 fully saturated rings. The summed E-state index contributed by atoms with van der Waals surface area (Å²) in [6.07, 6.45) is 0.527. The van der Waals surface area contributed by atoms with E-state index in [4.69, 9.17) is 4.74 Å². The minimum atomic E-state index is -0.662. The van der Waals surface area contributed by atoms with Gasteiger partial charge in [0.15, 0.2) is 6.61 Å². The van der Waals surface area contributed by atoms with Gasteiger partial charge in [0.25, 0.3) is 11.6 Å². The third-order valence-electron chi connectivity index (χ3n) is 4.36. The topological polar surface area (TPSA) is 89.7 Å². The molecule has 7 heteroatoms. The minimum absolute atomic E-state index is 0.136. The van der Waals surface area contributed by atoms with Gasteiger partial charge >= 0.3 is 5.97 Å². The van der Waals surface area contributed by atoms with Gasteiger partial charge in [-0.3, -0.25) is 19.7 Å². The van der Waals surface area contributed by atoms with Gasteiger partial charge in [0.05, 0.1) is 11.3 Å². The van der Waals surface area contributed by atoms with Gasteiger partial charge in [0.2, 0.25) is 0 Å². The largest absolute Gasteiger partial charge is 0.455 e. The maximum absolute atomic E-state index is 12.3. The SMILES string of the molecule is O=C(Cc1ccccc1[N+](=O)[O-])OCC(=O)N1CCc2ccccc2C1. The van der Waals surface area contributed by atoms with Gasteiger partial charge < -0.3 is 9.64 Å². The van der Waals surface area contributed by atoms with E-state index in [1.54, 1.807) is 11.0 Å². The van der Waals surface area contributed by atoms with Crippen molar-refractivity contribution in [2.24, 2.45) is 0 Å². The molecule has 3 rings (SSSR count). The molecule has 0 radical (unpaired) electrons. The highest BCUT2D eigenvalue weighted by Crippen LogP contribution is 2.20. The average Bonchev–Trinajstić information content (AvgIpc) is 2.66. The molecule has 0 spiro atoms. The highest BCUT2D eigenvalue weighted by atomic mass is 16.6. The highest BCUT2D eigenvalue weighted by Gasteiger charge is 2.22.